The molecule has 0 bridgehead atoms. The Bertz CT molecular complexity index is 968. The molecule has 28 heavy (non-hydrogen) atoms. The van der Waals surface area contributed by atoms with Gasteiger partial charge in [0.05, 0.1) is 7.11 Å². The van der Waals surface area contributed by atoms with Crippen molar-refractivity contribution in [2.24, 2.45) is 0 Å². The first-order valence-corrected chi connectivity index (χ1v) is 9.26. The highest BCUT2D eigenvalue weighted by atomic mass is 16.5. The molecule has 1 fully saturated rings. The van der Waals surface area contributed by atoms with Crippen molar-refractivity contribution in [3.63, 3.8) is 0 Å². The van der Waals surface area contributed by atoms with Crippen LogP contribution in [0, 0.1) is 6.92 Å². The SMILES string of the molecule is COc1cccc(-c2noc([C@H]3CCCN3C(=O)Nc3ccc(C)cc3)n2)c1. The van der Waals surface area contributed by atoms with Gasteiger partial charge in [0.1, 0.15) is 11.8 Å². The smallest absolute Gasteiger partial charge is 0.322 e. The van der Waals surface area contributed by atoms with Crippen molar-refractivity contribution < 1.29 is 14.1 Å². The van der Waals surface area contributed by atoms with E-state index in [1.807, 2.05) is 55.5 Å². The average molecular weight is 378 g/mol. The van der Waals surface area contributed by atoms with Crippen molar-refractivity contribution >= 4 is 11.7 Å². The summed E-state index contributed by atoms with van der Waals surface area (Å²) >= 11 is 0. The lowest BCUT2D eigenvalue weighted by molar-refractivity contribution is 0.193. The molecule has 2 amide bonds. The van der Waals surface area contributed by atoms with Crippen LogP contribution in [0.25, 0.3) is 11.4 Å². The predicted molar refractivity (Wildman–Crippen MR) is 105 cm³/mol. The van der Waals surface area contributed by atoms with Gasteiger partial charge in [0.25, 0.3) is 0 Å². The highest BCUT2D eigenvalue weighted by Crippen LogP contribution is 2.33. The molecule has 0 aliphatic carbocycles. The van der Waals surface area contributed by atoms with Crippen LogP contribution in [0.1, 0.15) is 30.3 Å². The minimum atomic E-state index is -0.225. The number of amides is 2. The highest BCUT2D eigenvalue weighted by molar-refractivity contribution is 5.89. The number of nitrogens with zero attached hydrogens (tertiary/aromatic N) is 3. The summed E-state index contributed by atoms with van der Waals surface area (Å²) in [5.41, 5.74) is 2.72. The second kappa shape index (κ2) is 7.72. The van der Waals surface area contributed by atoms with Gasteiger partial charge in [-0.1, -0.05) is 35.0 Å². The number of aromatic nitrogens is 2. The summed E-state index contributed by atoms with van der Waals surface area (Å²) in [6.45, 7) is 2.66. The molecule has 2 heterocycles. The normalized spacial score (nSPS) is 16.2. The monoisotopic (exact) mass is 378 g/mol. The molecule has 4 rings (SSSR count). The minimum Gasteiger partial charge on any atom is -0.497 e. The van der Waals surface area contributed by atoms with Gasteiger partial charge in [0.15, 0.2) is 0 Å². The van der Waals surface area contributed by atoms with Gasteiger partial charge in [-0.3, -0.25) is 0 Å². The number of rotatable bonds is 4. The number of ether oxygens (including phenoxy) is 1. The third kappa shape index (κ3) is 3.69. The second-order valence-corrected chi connectivity index (χ2v) is 6.84. The Kier molecular flexibility index (Phi) is 4.97. The fraction of sp³-hybridized carbons (Fsp3) is 0.286. The first kappa shape index (κ1) is 18.0. The Hall–Kier alpha value is -3.35. The number of anilines is 1. The Morgan fingerprint density at radius 2 is 2.07 bits per heavy atom. The maximum absolute atomic E-state index is 12.8. The van der Waals surface area contributed by atoms with Crippen LogP contribution in [-0.4, -0.2) is 34.7 Å². The number of nitrogens with one attached hydrogen (secondary N) is 1. The Balaban J connectivity index is 1.51. The molecule has 0 radical (unpaired) electrons. The molecule has 0 unspecified atom stereocenters. The Labute approximate surface area is 163 Å². The zero-order chi connectivity index (χ0) is 19.5. The van der Waals surface area contributed by atoms with Crippen LogP contribution in [0.2, 0.25) is 0 Å². The van der Waals surface area contributed by atoms with Crippen molar-refractivity contribution in [3.8, 4) is 17.1 Å². The molecule has 7 nitrogen and oxygen atoms in total. The van der Waals surface area contributed by atoms with Gasteiger partial charge in [-0.2, -0.15) is 4.98 Å². The lowest BCUT2D eigenvalue weighted by atomic mass is 10.2. The van der Waals surface area contributed by atoms with E-state index in [4.69, 9.17) is 9.26 Å². The molecule has 3 aromatic rings. The maximum atomic E-state index is 12.8. The second-order valence-electron chi connectivity index (χ2n) is 6.84. The number of urea groups is 1. The summed E-state index contributed by atoms with van der Waals surface area (Å²) in [5.74, 6) is 1.66. The molecule has 0 saturated carbocycles. The molecular weight excluding hydrogens is 356 g/mol. The van der Waals surface area contributed by atoms with E-state index in [9.17, 15) is 4.79 Å². The van der Waals surface area contributed by atoms with Crippen molar-refractivity contribution in [3.05, 3.63) is 60.0 Å². The van der Waals surface area contributed by atoms with E-state index in [1.165, 1.54) is 0 Å². The number of benzene rings is 2. The molecule has 1 aromatic heterocycles. The first-order valence-electron chi connectivity index (χ1n) is 9.26. The summed E-state index contributed by atoms with van der Waals surface area (Å²) in [6.07, 6.45) is 1.68. The molecule has 1 aliphatic heterocycles. The van der Waals surface area contributed by atoms with E-state index in [0.717, 1.165) is 35.4 Å². The van der Waals surface area contributed by atoms with E-state index < -0.39 is 0 Å². The summed E-state index contributed by atoms with van der Waals surface area (Å²) in [6, 6.07) is 14.8. The van der Waals surface area contributed by atoms with E-state index in [-0.39, 0.29) is 12.1 Å². The van der Waals surface area contributed by atoms with Crippen LogP contribution >= 0.6 is 0 Å². The Morgan fingerprint density at radius 1 is 1.25 bits per heavy atom. The molecule has 1 N–H and O–H groups in total. The lowest BCUT2D eigenvalue weighted by Gasteiger charge is -2.22. The topological polar surface area (TPSA) is 80.5 Å². The van der Waals surface area contributed by atoms with E-state index >= 15 is 0 Å². The molecule has 2 aromatic carbocycles. The van der Waals surface area contributed by atoms with Gasteiger partial charge in [-0.15, -0.1) is 0 Å². The van der Waals surface area contributed by atoms with Gasteiger partial charge in [-0.05, 0) is 44.0 Å². The quantitative estimate of drug-likeness (QED) is 0.727. The van der Waals surface area contributed by atoms with E-state index in [2.05, 4.69) is 15.5 Å². The molecule has 1 aliphatic rings. The molecule has 1 saturated heterocycles. The van der Waals surface area contributed by atoms with Crippen LogP contribution in [0.15, 0.2) is 53.1 Å². The van der Waals surface area contributed by atoms with Gasteiger partial charge in [0, 0.05) is 17.8 Å². The van der Waals surface area contributed by atoms with Gasteiger partial charge in [-0.25, -0.2) is 4.79 Å². The molecule has 7 heteroatoms. The maximum Gasteiger partial charge on any atom is 0.322 e. The third-order valence-corrected chi connectivity index (χ3v) is 4.87. The van der Waals surface area contributed by atoms with Crippen molar-refractivity contribution in [1.29, 1.82) is 0 Å². The van der Waals surface area contributed by atoms with Crippen LogP contribution in [0.3, 0.4) is 0 Å². The number of methoxy groups -OCH3 is 1. The molecular formula is C21H22N4O3. The minimum absolute atomic E-state index is 0.160. The number of hydrogen-bond donors (Lipinski definition) is 1. The van der Waals surface area contributed by atoms with Crippen LogP contribution in [0.5, 0.6) is 5.75 Å². The predicted octanol–water partition coefficient (Wildman–Crippen LogP) is 4.42. The Morgan fingerprint density at radius 3 is 2.86 bits per heavy atom. The molecule has 0 spiro atoms. The zero-order valence-electron chi connectivity index (χ0n) is 15.9. The standard InChI is InChI=1S/C21H22N4O3/c1-14-8-10-16(11-9-14)22-21(26)25-12-4-7-18(25)20-23-19(24-28-20)15-5-3-6-17(13-15)27-2/h3,5-6,8-11,13,18H,4,7,12H2,1-2H3,(H,22,26)/t18-/m1/s1. The number of likely N-dealkylation sites (tertiary alicyclic amines) is 1. The third-order valence-electron chi connectivity index (χ3n) is 4.87. The summed E-state index contributed by atoms with van der Waals surface area (Å²) in [7, 11) is 1.61. The molecule has 144 valence electrons. The van der Waals surface area contributed by atoms with Crippen LogP contribution in [0.4, 0.5) is 10.5 Å². The van der Waals surface area contributed by atoms with Crippen LogP contribution < -0.4 is 10.1 Å². The van der Waals surface area contributed by atoms with Gasteiger partial charge >= 0.3 is 6.03 Å². The zero-order valence-corrected chi connectivity index (χ0v) is 15.9. The van der Waals surface area contributed by atoms with Crippen LogP contribution in [-0.2, 0) is 0 Å². The summed E-state index contributed by atoms with van der Waals surface area (Å²) in [5, 5.41) is 7.04. The first-order chi connectivity index (χ1) is 13.6. The number of hydrogen-bond acceptors (Lipinski definition) is 5. The van der Waals surface area contributed by atoms with Gasteiger partial charge < -0.3 is 19.5 Å². The highest BCUT2D eigenvalue weighted by Gasteiger charge is 2.34. The number of carbonyl (C=O) groups excluding carboxylic acids is 1. The van der Waals surface area contributed by atoms with Crippen molar-refractivity contribution in [2.45, 2.75) is 25.8 Å². The number of aryl methyl sites for hydroxylation is 1. The van der Waals surface area contributed by atoms with E-state index in [0.29, 0.717) is 18.3 Å². The number of carbonyl (C=O) groups is 1. The lowest BCUT2D eigenvalue weighted by Crippen LogP contribution is -2.34. The van der Waals surface area contributed by atoms with Gasteiger partial charge in [0.2, 0.25) is 11.7 Å². The largest absolute Gasteiger partial charge is 0.497 e. The fourth-order valence-corrected chi connectivity index (χ4v) is 3.35. The fourth-order valence-electron chi connectivity index (χ4n) is 3.35. The summed E-state index contributed by atoms with van der Waals surface area (Å²) < 4.78 is 10.7. The molecule has 1 atom stereocenters. The van der Waals surface area contributed by atoms with Crippen molar-refractivity contribution in [2.75, 3.05) is 19.0 Å². The summed E-state index contributed by atoms with van der Waals surface area (Å²) in [4.78, 5) is 19.0. The van der Waals surface area contributed by atoms with E-state index in [1.54, 1.807) is 12.0 Å². The average Bonchev–Trinajstić information content (AvgIpc) is 3.39. The van der Waals surface area contributed by atoms with Crippen molar-refractivity contribution in [1.82, 2.24) is 15.0 Å².